The van der Waals surface area contributed by atoms with E-state index in [0.29, 0.717) is 0 Å². The van der Waals surface area contributed by atoms with Crippen molar-refractivity contribution in [1.82, 2.24) is 20.1 Å². The summed E-state index contributed by atoms with van der Waals surface area (Å²) in [4.78, 5) is 9.23. The van der Waals surface area contributed by atoms with Crippen LogP contribution >= 0.6 is 23.6 Å². The molecule has 1 aliphatic carbocycles. The molecule has 3 rings (SSSR count). The first-order valence-corrected chi connectivity index (χ1v) is 10.4. The molecule has 0 unspecified atom stereocenters. The van der Waals surface area contributed by atoms with Gasteiger partial charge in [0, 0.05) is 44.3 Å². The minimum absolute atomic E-state index is 0.933. The van der Waals surface area contributed by atoms with Crippen molar-refractivity contribution in [3.63, 3.8) is 0 Å². The molecule has 4 nitrogen and oxygen atoms in total. The molecule has 0 bridgehead atoms. The summed E-state index contributed by atoms with van der Waals surface area (Å²) < 4.78 is 0. The molecule has 132 valence electrons. The molecule has 0 radical (unpaired) electrons. The molecule has 0 atom stereocenters. The Hall–Kier alpha value is -0.980. The van der Waals surface area contributed by atoms with E-state index in [0.717, 1.165) is 50.8 Å². The molecule has 1 aromatic heterocycles. The summed E-state index contributed by atoms with van der Waals surface area (Å²) in [5, 5.41) is 7.68. The molecule has 2 heterocycles. The average Bonchev–Trinajstić information content (AvgIpc) is 3.00. The maximum absolute atomic E-state index is 5.62. The number of thiocarbonyl (C=S) groups is 1. The Kier molecular flexibility index (Phi) is 7.05. The maximum atomic E-state index is 5.62. The van der Waals surface area contributed by atoms with Crippen LogP contribution in [0.15, 0.2) is 23.2 Å². The summed E-state index contributed by atoms with van der Waals surface area (Å²) in [5.74, 6) is 0. The fourth-order valence-electron chi connectivity index (χ4n) is 3.43. The van der Waals surface area contributed by atoms with Crippen LogP contribution in [0.2, 0.25) is 0 Å². The molecule has 24 heavy (non-hydrogen) atoms. The minimum Gasteiger partial charge on any atom is -0.362 e. The van der Waals surface area contributed by atoms with E-state index < -0.39 is 0 Å². The van der Waals surface area contributed by atoms with Crippen LogP contribution in [0.1, 0.15) is 43.5 Å². The molecule has 2 aliphatic rings. The van der Waals surface area contributed by atoms with Crippen LogP contribution in [0.3, 0.4) is 0 Å². The van der Waals surface area contributed by atoms with E-state index >= 15 is 0 Å². The summed E-state index contributed by atoms with van der Waals surface area (Å²) in [5.41, 5.74) is 1.61. The van der Waals surface area contributed by atoms with Gasteiger partial charge in [-0.05, 0) is 50.7 Å². The van der Waals surface area contributed by atoms with Crippen molar-refractivity contribution in [3.8, 4) is 0 Å². The highest BCUT2D eigenvalue weighted by molar-refractivity contribution is 7.80. The number of nitrogens with zero attached hydrogens (tertiary/aromatic N) is 3. The Morgan fingerprint density at radius 2 is 2.17 bits per heavy atom. The predicted molar refractivity (Wildman–Crippen MR) is 105 cm³/mol. The second-order valence-corrected chi connectivity index (χ2v) is 8.00. The molecule has 1 aliphatic heterocycles. The fourth-order valence-corrected chi connectivity index (χ4v) is 4.37. The van der Waals surface area contributed by atoms with E-state index in [9.17, 15) is 0 Å². The van der Waals surface area contributed by atoms with Gasteiger partial charge in [0.1, 0.15) is 5.01 Å². The fraction of sp³-hybridized carbons (Fsp3) is 0.667. The van der Waals surface area contributed by atoms with Gasteiger partial charge in [-0.25, -0.2) is 4.98 Å². The summed E-state index contributed by atoms with van der Waals surface area (Å²) in [6, 6.07) is 0. The van der Waals surface area contributed by atoms with E-state index in [1.807, 2.05) is 6.20 Å². The third-order valence-electron chi connectivity index (χ3n) is 4.83. The average molecular weight is 365 g/mol. The van der Waals surface area contributed by atoms with Crippen molar-refractivity contribution in [2.24, 2.45) is 0 Å². The summed E-state index contributed by atoms with van der Waals surface area (Å²) in [6.07, 6.45) is 11.9. The molecule has 1 fully saturated rings. The van der Waals surface area contributed by atoms with E-state index in [4.69, 9.17) is 12.2 Å². The monoisotopic (exact) mass is 364 g/mol. The van der Waals surface area contributed by atoms with Crippen LogP contribution < -0.4 is 5.32 Å². The lowest BCUT2D eigenvalue weighted by molar-refractivity contribution is 0.277. The molecule has 1 aromatic rings. The van der Waals surface area contributed by atoms with Crippen LogP contribution in [0.4, 0.5) is 0 Å². The molecular weight excluding hydrogens is 336 g/mol. The Morgan fingerprint density at radius 1 is 1.21 bits per heavy atom. The molecular formula is C18H28N4S2. The van der Waals surface area contributed by atoms with Crippen LogP contribution in [0.5, 0.6) is 0 Å². The Balaban J connectivity index is 1.38. The van der Waals surface area contributed by atoms with Crippen LogP contribution in [-0.4, -0.2) is 52.6 Å². The van der Waals surface area contributed by atoms with Gasteiger partial charge in [-0.2, -0.15) is 0 Å². The molecule has 6 heteroatoms. The maximum Gasteiger partial charge on any atom is 0.168 e. The lowest BCUT2D eigenvalue weighted by Gasteiger charge is -2.25. The Bertz CT molecular complexity index is 541. The smallest absolute Gasteiger partial charge is 0.168 e. The van der Waals surface area contributed by atoms with Gasteiger partial charge in [0.25, 0.3) is 0 Å². The van der Waals surface area contributed by atoms with E-state index in [1.165, 1.54) is 37.1 Å². The molecule has 1 N–H and O–H groups in total. The Morgan fingerprint density at radius 3 is 2.96 bits per heavy atom. The van der Waals surface area contributed by atoms with Crippen molar-refractivity contribution < 1.29 is 0 Å². The molecule has 0 aromatic carbocycles. The minimum atomic E-state index is 0.933. The number of hydrogen-bond donors (Lipinski definition) is 1. The van der Waals surface area contributed by atoms with Gasteiger partial charge in [-0.15, -0.1) is 11.3 Å². The zero-order valence-corrected chi connectivity index (χ0v) is 16.0. The number of aromatic nitrogens is 1. The predicted octanol–water partition coefficient (Wildman–Crippen LogP) is 3.42. The van der Waals surface area contributed by atoms with Gasteiger partial charge in [0.15, 0.2) is 5.11 Å². The number of nitrogens with one attached hydrogen (secondary N) is 1. The highest BCUT2D eigenvalue weighted by Gasteiger charge is 2.17. The number of rotatable bonds is 5. The third kappa shape index (κ3) is 5.53. The van der Waals surface area contributed by atoms with Crippen LogP contribution in [0.25, 0.3) is 0 Å². The summed E-state index contributed by atoms with van der Waals surface area (Å²) in [6.45, 7) is 6.21. The largest absolute Gasteiger partial charge is 0.362 e. The van der Waals surface area contributed by atoms with Gasteiger partial charge in [0.05, 0.1) is 6.54 Å². The summed E-state index contributed by atoms with van der Waals surface area (Å²) in [7, 11) is 0. The van der Waals surface area contributed by atoms with E-state index in [2.05, 4.69) is 31.6 Å². The van der Waals surface area contributed by atoms with E-state index in [-0.39, 0.29) is 0 Å². The highest BCUT2D eigenvalue weighted by Crippen LogP contribution is 2.19. The van der Waals surface area contributed by atoms with Gasteiger partial charge in [-0.1, -0.05) is 11.6 Å². The standard InChI is InChI=1S/C18H28N4S2/c23-18(20-8-7-16-5-2-1-3-6-16)22-11-4-10-21(12-13-22)15-17-19-9-14-24-17/h5,9,14H,1-4,6-8,10-13,15H2,(H,20,23). The number of allylic oxidation sites excluding steroid dienone is 1. The zero-order valence-electron chi connectivity index (χ0n) is 14.4. The first-order chi connectivity index (χ1) is 11.8. The zero-order chi connectivity index (χ0) is 16.6. The Labute approximate surface area is 154 Å². The number of thiazole rings is 1. The second kappa shape index (κ2) is 9.49. The van der Waals surface area contributed by atoms with Crippen LogP contribution in [-0.2, 0) is 6.54 Å². The van der Waals surface area contributed by atoms with Crippen molar-refractivity contribution >= 4 is 28.7 Å². The highest BCUT2D eigenvalue weighted by atomic mass is 32.1. The number of hydrogen-bond acceptors (Lipinski definition) is 4. The quantitative estimate of drug-likeness (QED) is 0.639. The lowest BCUT2D eigenvalue weighted by Crippen LogP contribution is -2.42. The summed E-state index contributed by atoms with van der Waals surface area (Å²) >= 11 is 7.37. The van der Waals surface area contributed by atoms with Crippen molar-refractivity contribution in [3.05, 3.63) is 28.2 Å². The van der Waals surface area contributed by atoms with Crippen molar-refractivity contribution in [2.45, 2.75) is 45.1 Å². The van der Waals surface area contributed by atoms with E-state index in [1.54, 1.807) is 16.9 Å². The first kappa shape index (κ1) is 17.8. The second-order valence-electron chi connectivity index (χ2n) is 6.63. The van der Waals surface area contributed by atoms with Crippen LogP contribution in [0, 0.1) is 0 Å². The normalized spacial score (nSPS) is 19.7. The molecule has 0 amide bonds. The van der Waals surface area contributed by atoms with Gasteiger partial charge < -0.3 is 10.2 Å². The molecule has 1 saturated heterocycles. The lowest BCUT2D eigenvalue weighted by atomic mass is 9.97. The first-order valence-electron chi connectivity index (χ1n) is 9.12. The topological polar surface area (TPSA) is 31.4 Å². The van der Waals surface area contributed by atoms with Crippen molar-refractivity contribution in [1.29, 1.82) is 0 Å². The molecule has 0 saturated carbocycles. The van der Waals surface area contributed by atoms with Crippen molar-refractivity contribution in [2.75, 3.05) is 32.7 Å². The SMILES string of the molecule is S=C(NCCC1=CCCCC1)N1CCCN(Cc2nccs2)CC1. The molecule has 0 spiro atoms. The van der Waals surface area contributed by atoms with Gasteiger partial charge >= 0.3 is 0 Å². The van der Waals surface area contributed by atoms with Gasteiger partial charge in [-0.3, -0.25) is 4.90 Å². The van der Waals surface area contributed by atoms with Gasteiger partial charge in [0.2, 0.25) is 0 Å². The third-order valence-corrected chi connectivity index (χ3v) is 5.99.